The first kappa shape index (κ1) is 15.9. The second-order valence-electron chi connectivity index (χ2n) is 6.74. The number of rotatable bonds is 4. The van der Waals surface area contributed by atoms with Crippen LogP contribution >= 0.6 is 0 Å². The molecular formula is C20H22N2O3. The van der Waals surface area contributed by atoms with E-state index in [4.69, 9.17) is 9.47 Å². The number of nitrogens with zero attached hydrogens (tertiary/aromatic N) is 2. The van der Waals surface area contributed by atoms with Gasteiger partial charge in [-0.2, -0.15) is 0 Å². The molecule has 5 heteroatoms. The third-order valence-corrected chi connectivity index (χ3v) is 5.30. The summed E-state index contributed by atoms with van der Waals surface area (Å²) in [5.41, 5.74) is 0.533. The molecule has 3 atom stereocenters. The number of hydrogen-bond acceptors (Lipinski definition) is 4. The number of fused-ring (bicyclic) bond motifs is 1. The molecule has 0 unspecified atom stereocenters. The molecule has 2 aromatic rings. The fraction of sp³-hybridized carbons (Fsp3) is 0.400. The SMILES string of the molecule is COc1ncccc1C(=O)N1C[C@@H]2CC[C@H](Oc3ccccc3)[C@@H]2C1. The van der Waals surface area contributed by atoms with Crippen molar-refractivity contribution in [2.75, 3.05) is 20.2 Å². The topological polar surface area (TPSA) is 51.7 Å². The van der Waals surface area contributed by atoms with Crippen molar-refractivity contribution in [2.24, 2.45) is 11.8 Å². The van der Waals surface area contributed by atoms with Crippen LogP contribution in [0.25, 0.3) is 0 Å². The Balaban J connectivity index is 1.46. The number of aromatic nitrogens is 1. The largest absolute Gasteiger partial charge is 0.490 e. The van der Waals surface area contributed by atoms with Gasteiger partial charge in [0.15, 0.2) is 0 Å². The number of benzene rings is 1. The fourth-order valence-corrected chi connectivity index (χ4v) is 4.09. The van der Waals surface area contributed by atoms with Crippen molar-refractivity contribution in [3.63, 3.8) is 0 Å². The number of pyridine rings is 1. The predicted molar refractivity (Wildman–Crippen MR) is 93.8 cm³/mol. The Morgan fingerprint density at radius 3 is 2.76 bits per heavy atom. The van der Waals surface area contributed by atoms with Crippen LogP contribution in [0.1, 0.15) is 23.2 Å². The highest BCUT2D eigenvalue weighted by molar-refractivity contribution is 5.96. The summed E-state index contributed by atoms with van der Waals surface area (Å²) < 4.78 is 11.4. The van der Waals surface area contributed by atoms with Gasteiger partial charge in [-0.15, -0.1) is 0 Å². The molecule has 4 rings (SSSR count). The van der Waals surface area contributed by atoms with Crippen LogP contribution in [0.5, 0.6) is 11.6 Å². The van der Waals surface area contributed by atoms with Gasteiger partial charge in [-0.25, -0.2) is 4.98 Å². The van der Waals surface area contributed by atoms with Crippen molar-refractivity contribution in [2.45, 2.75) is 18.9 Å². The van der Waals surface area contributed by atoms with E-state index in [9.17, 15) is 4.79 Å². The van der Waals surface area contributed by atoms with Crippen molar-refractivity contribution < 1.29 is 14.3 Å². The van der Waals surface area contributed by atoms with E-state index in [0.29, 0.717) is 23.3 Å². The Morgan fingerprint density at radius 2 is 1.96 bits per heavy atom. The van der Waals surface area contributed by atoms with E-state index in [1.807, 2.05) is 35.2 Å². The third kappa shape index (κ3) is 3.06. The lowest BCUT2D eigenvalue weighted by molar-refractivity contribution is 0.0758. The molecule has 0 N–H and O–H groups in total. The minimum atomic E-state index is -0.00203. The van der Waals surface area contributed by atoms with E-state index < -0.39 is 0 Å². The smallest absolute Gasteiger partial charge is 0.259 e. The first-order valence-corrected chi connectivity index (χ1v) is 8.76. The first-order chi connectivity index (χ1) is 12.3. The van der Waals surface area contributed by atoms with Crippen LogP contribution < -0.4 is 9.47 Å². The summed E-state index contributed by atoms with van der Waals surface area (Å²) in [7, 11) is 1.54. The summed E-state index contributed by atoms with van der Waals surface area (Å²) in [6, 6.07) is 13.5. The number of carbonyl (C=O) groups is 1. The summed E-state index contributed by atoms with van der Waals surface area (Å²) in [5, 5.41) is 0. The zero-order valence-corrected chi connectivity index (χ0v) is 14.3. The van der Waals surface area contributed by atoms with Gasteiger partial charge in [0, 0.05) is 25.2 Å². The van der Waals surface area contributed by atoms with E-state index in [-0.39, 0.29) is 12.0 Å². The standard InChI is InChI=1S/C20H22N2O3/c1-24-19-16(8-5-11-21-19)20(23)22-12-14-9-10-18(17(14)13-22)25-15-6-3-2-4-7-15/h2-8,11,14,17-18H,9-10,12-13H2,1H3/t14-,17+,18-/m0/s1. The molecule has 1 aromatic heterocycles. The predicted octanol–water partition coefficient (Wildman–Crippen LogP) is 3.02. The molecule has 2 aliphatic rings. The highest BCUT2D eigenvalue weighted by atomic mass is 16.5. The van der Waals surface area contributed by atoms with E-state index in [1.54, 1.807) is 25.4 Å². The lowest BCUT2D eigenvalue weighted by Crippen LogP contribution is -2.32. The number of carbonyl (C=O) groups excluding carboxylic acids is 1. The van der Waals surface area contributed by atoms with E-state index in [1.165, 1.54) is 0 Å². The van der Waals surface area contributed by atoms with Crippen LogP contribution in [-0.2, 0) is 0 Å². The summed E-state index contributed by atoms with van der Waals surface area (Å²) in [6.45, 7) is 1.52. The van der Waals surface area contributed by atoms with Crippen LogP contribution in [0, 0.1) is 11.8 Å². The Hall–Kier alpha value is -2.56. The zero-order valence-electron chi connectivity index (χ0n) is 14.3. The molecule has 130 valence electrons. The van der Waals surface area contributed by atoms with Crippen LogP contribution in [-0.4, -0.2) is 42.1 Å². The fourth-order valence-electron chi connectivity index (χ4n) is 4.09. The van der Waals surface area contributed by atoms with E-state index >= 15 is 0 Å². The molecule has 1 aliphatic carbocycles. The Morgan fingerprint density at radius 1 is 1.12 bits per heavy atom. The van der Waals surface area contributed by atoms with Crippen molar-refractivity contribution in [3.05, 3.63) is 54.2 Å². The molecular weight excluding hydrogens is 316 g/mol. The van der Waals surface area contributed by atoms with Crippen molar-refractivity contribution in [1.29, 1.82) is 0 Å². The molecule has 1 amide bonds. The first-order valence-electron chi connectivity index (χ1n) is 8.76. The lowest BCUT2D eigenvalue weighted by atomic mass is 9.99. The zero-order chi connectivity index (χ0) is 17.2. The van der Waals surface area contributed by atoms with E-state index in [0.717, 1.165) is 31.7 Å². The van der Waals surface area contributed by atoms with Gasteiger partial charge in [-0.3, -0.25) is 4.79 Å². The maximum atomic E-state index is 12.9. The quantitative estimate of drug-likeness (QED) is 0.860. The average molecular weight is 338 g/mol. The number of para-hydroxylation sites is 1. The van der Waals surface area contributed by atoms with Gasteiger partial charge in [0.05, 0.1) is 7.11 Å². The molecule has 2 heterocycles. The number of amides is 1. The monoisotopic (exact) mass is 338 g/mol. The Bertz CT molecular complexity index is 750. The molecule has 1 aliphatic heterocycles. The molecule has 0 spiro atoms. The average Bonchev–Trinajstić information content (AvgIpc) is 3.24. The van der Waals surface area contributed by atoms with Crippen molar-refractivity contribution >= 4 is 5.91 Å². The lowest BCUT2D eigenvalue weighted by Gasteiger charge is -2.22. The molecule has 25 heavy (non-hydrogen) atoms. The number of ether oxygens (including phenoxy) is 2. The van der Waals surface area contributed by atoms with Crippen molar-refractivity contribution in [3.8, 4) is 11.6 Å². The number of likely N-dealkylation sites (tertiary alicyclic amines) is 1. The van der Waals surface area contributed by atoms with E-state index in [2.05, 4.69) is 4.98 Å². The van der Waals surface area contributed by atoms with Crippen molar-refractivity contribution in [1.82, 2.24) is 9.88 Å². The van der Waals surface area contributed by atoms with Gasteiger partial charge < -0.3 is 14.4 Å². The second kappa shape index (κ2) is 6.75. The summed E-state index contributed by atoms with van der Waals surface area (Å²) >= 11 is 0. The van der Waals surface area contributed by atoms with Crippen LogP contribution in [0.4, 0.5) is 0 Å². The summed E-state index contributed by atoms with van der Waals surface area (Å²) in [6.07, 6.45) is 3.98. The molecule has 2 fully saturated rings. The maximum absolute atomic E-state index is 12.9. The van der Waals surface area contributed by atoms with Gasteiger partial charge >= 0.3 is 0 Å². The Labute approximate surface area is 147 Å². The third-order valence-electron chi connectivity index (χ3n) is 5.30. The van der Waals surface area contributed by atoms with Crippen LogP contribution in [0.15, 0.2) is 48.7 Å². The van der Waals surface area contributed by atoms with Crippen LogP contribution in [0.3, 0.4) is 0 Å². The minimum absolute atomic E-state index is 0.00203. The molecule has 5 nitrogen and oxygen atoms in total. The molecule has 0 radical (unpaired) electrons. The molecule has 0 bridgehead atoms. The molecule has 1 aromatic carbocycles. The molecule has 1 saturated carbocycles. The second-order valence-corrected chi connectivity index (χ2v) is 6.74. The maximum Gasteiger partial charge on any atom is 0.259 e. The van der Waals surface area contributed by atoms with Gasteiger partial charge in [-0.05, 0) is 43.0 Å². The Kier molecular flexibility index (Phi) is 4.30. The highest BCUT2D eigenvalue weighted by Gasteiger charge is 2.45. The summed E-state index contributed by atoms with van der Waals surface area (Å²) in [5.74, 6) is 2.21. The van der Waals surface area contributed by atoms with Gasteiger partial charge in [-0.1, -0.05) is 18.2 Å². The highest BCUT2D eigenvalue weighted by Crippen LogP contribution is 2.40. The van der Waals surface area contributed by atoms with Gasteiger partial charge in [0.2, 0.25) is 5.88 Å². The normalized spacial score (nSPS) is 24.8. The number of hydrogen-bond donors (Lipinski definition) is 0. The van der Waals surface area contributed by atoms with Gasteiger partial charge in [0.25, 0.3) is 5.91 Å². The summed E-state index contributed by atoms with van der Waals surface area (Å²) in [4.78, 5) is 19.0. The minimum Gasteiger partial charge on any atom is -0.490 e. The molecule has 1 saturated heterocycles. The number of methoxy groups -OCH3 is 1. The van der Waals surface area contributed by atoms with Crippen LogP contribution in [0.2, 0.25) is 0 Å². The van der Waals surface area contributed by atoms with Gasteiger partial charge in [0.1, 0.15) is 17.4 Å².